The van der Waals surface area contributed by atoms with E-state index in [1.807, 2.05) is 13.0 Å². The highest BCUT2D eigenvalue weighted by atomic mass is 16.6. The fraction of sp³-hybridized carbons (Fsp3) is 0.400. The Labute approximate surface area is 122 Å². The van der Waals surface area contributed by atoms with E-state index in [-0.39, 0.29) is 10.6 Å². The summed E-state index contributed by atoms with van der Waals surface area (Å²) >= 11 is 0. The third-order valence-corrected chi connectivity index (χ3v) is 3.82. The molecule has 1 aromatic carbocycles. The molecule has 0 unspecified atom stereocenters. The predicted molar refractivity (Wildman–Crippen MR) is 82.8 cm³/mol. The van der Waals surface area contributed by atoms with Crippen LogP contribution in [0.2, 0.25) is 0 Å². The van der Waals surface area contributed by atoms with Crippen molar-refractivity contribution in [2.24, 2.45) is 0 Å². The van der Waals surface area contributed by atoms with E-state index in [0.29, 0.717) is 6.04 Å². The van der Waals surface area contributed by atoms with Gasteiger partial charge in [-0.3, -0.25) is 15.1 Å². The van der Waals surface area contributed by atoms with Crippen molar-refractivity contribution in [1.29, 1.82) is 0 Å². The first-order valence-electron chi connectivity index (χ1n) is 7.09. The van der Waals surface area contributed by atoms with Gasteiger partial charge in [-0.2, -0.15) is 0 Å². The number of nitro groups is 1. The van der Waals surface area contributed by atoms with Crippen LogP contribution in [0.1, 0.15) is 12.6 Å². The van der Waals surface area contributed by atoms with Crippen molar-refractivity contribution >= 4 is 22.3 Å². The lowest BCUT2D eigenvalue weighted by Crippen LogP contribution is -2.49. The molecule has 1 aliphatic heterocycles. The summed E-state index contributed by atoms with van der Waals surface area (Å²) in [5.74, 6) is 0. The maximum absolute atomic E-state index is 11.0. The van der Waals surface area contributed by atoms with Crippen LogP contribution >= 0.6 is 0 Å². The van der Waals surface area contributed by atoms with Crippen LogP contribution in [0, 0.1) is 17.0 Å². The highest BCUT2D eigenvalue weighted by molar-refractivity contribution is 5.93. The number of nitro benzene ring substituents is 1. The fourth-order valence-electron chi connectivity index (χ4n) is 2.85. The number of hydrogen-bond donors (Lipinski definition) is 1. The van der Waals surface area contributed by atoms with Crippen LogP contribution in [-0.2, 0) is 0 Å². The Morgan fingerprint density at radius 3 is 2.95 bits per heavy atom. The number of piperazine rings is 1. The summed E-state index contributed by atoms with van der Waals surface area (Å²) in [6.07, 6.45) is 0. The van der Waals surface area contributed by atoms with Gasteiger partial charge < -0.3 is 10.2 Å². The molecule has 1 fully saturated rings. The summed E-state index contributed by atoms with van der Waals surface area (Å²) in [6.45, 7) is 6.80. The monoisotopic (exact) mass is 286 g/mol. The molecule has 0 amide bonds. The topological polar surface area (TPSA) is 71.3 Å². The number of anilines is 1. The van der Waals surface area contributed by atoms with Gasteiger partial charge in [-0.25, -0.2) is 0 Å². The molecule has 2 heterocycles. The fourth-order valence-corrected chi connectivity index (χ4v) is 2.85. The number of aryl methyl sites for hydroxylation is 1. The van der Waals surface area contributed by atoms with Crippen LogP contribution in [0.15, 0.2) is 24.3 Å². The number of nitrogens with zero attached hydrogens (tertiary/aromatic N) is 3. The Morgan fingerprint density at radius 1 is 1.43 bits per heavy atom. The van der Waals surface area contributed by atoms with Gasteiger partial charge >= 0.3 is 0 Å². The van der Waals surface area contributed by atoms with Crippen molar-refractivity contribution in [2.45, 2.75) is 19.9 Å². The van der Waals surface area contributed by atoms with E-state index in [4.69, 9.17) is 0 Å². The quantitative estimate of drug-likeness (QED) is 0.677. The molecule has 6 heteroatoms. The van der Waals surface area contributed by atoms with Crippen molar-refractivity contribution in [2.75, 3.05) is 24.5 Å². The van der Waals surface area contributed by atoms with E-state index in [0.717, 1.165) is 41.9 Å². The molecule has 0 bridgehead atoms. The van der Waals surface area contributed by atoms with Gasteiger partial charge in [-0.05, 0) is 26.0 Å². The van der Waals surface area contributed by atoms with Crippen molar-refractivity contribution in [3.63, 3.8) is 0 Å². The molecule has 0 aliphatic carbocycles. The molecule has 1 N–H and O–H groups in total. The van der Waals surface area contributed by atoms with Crippen LogP contribution in [-0.4, -0.2) is 35.6 Å². The van der Waals surface area contributed by atoms with Crippen molar-refractivity contribution in [3.05, 3.63) is 40.1 Å². The van der Waals surface area contributed by atoms with E-state index < -0.39 is 0 Å². The summed E-state index contributed by atoms with van der Waals surface area (Å²) in [7, 11) is 0. The maximum Gasteiger partial charge on any atom is 0.270 e. The van der Waals surface area contributed by atoms with Gasteiger partial charge in [0.1, 0.15) is 0 Å². The number of benzene rings is 1. The number of rotatable bonds is 2. The predicted octanol–water partition coefficient (Wildman–Crippen LogP) is 2.25. The molecule has 2 aromatic rings. The van der Waals surface area contributed by atoms with Crippen molar-refractivity contribution in [3.8, 4) is 0 Å². The van der Waals surface area contributed by atoms with Crippen LogP contribution in [0.25, 0.3) is 10.9 Å². The van der Waals surface area contributed by atoms with E-state index in [1.165, 1.54) is 6.07 Å². The maximum atomic E-state index is 11.0. The van der Waals surface area contributed by atoms with Gasteiger partial charge in [0.05, 0.1) is 10.4 Å². The lowest BCUT2D eigenvalue weighted by molar-refractivity contribution is -0.384. The molecule has 1 saturated heterocycles. The number of pyridine rings is 1. The van der Waals surface area contributed by atoms with Gasteiger partial charge in [0.15, 0.2) is 0 Å². The van der Waals surface area contributed by atoms with Crippen molar-refractivity contribution < 1.29 is 4.92 Å². The Hall–Kier alpha value is -2.21. The standard InChI is InChI=1S/C15H18N4O2/c1-10-7-15(18-6-5-16-11(2)9-18)13-8-12(19(20)21)3-4-14(13)17-10/h3-4,7-8,11,16H,5-6,9H2,1-2H3/t11-/m1/s1. The van der Waals surface area contributed by atoms with Crippen LogP contribution in [0.5, 0.6) is 0 Å². The second-order valence-corrected chi connectivity index (χ2v) is 5.54. The third-order valence-electron chi connectivity index (χ3n) is 3.82. The van der Waals surface area contributed by atoms with Gasteiger partial charge in [0, 0.05) is 54.6 Å². The van der Waals surface area contributed by atoms with Gasteiger partial charge in [-0.1, -0.05) is 0 Å². The van der Waals surface area contributed by atoms with Gasteiger partial charge in [0.2, 0.25) is 0 Å². The molecule has 110 valence electrons. The average molecular weight is 286 g/mol. The molecule has 1 aliphatic rings. The van der Waals surface area contributed by atoms with Gasteiger partial charge in [-0.15, -0.1) is 0 Å². The highest BCUT2D eigenvalue weighted by Gasteiger charge is 2.19. The summed E-state index contributed by atoms with van der Waals surface area (Å²) in [5, 5.41) is 15.3. The third kappa shape index (κ3) is 2.67. The SMILES string of the molecule is Cc1cc(N2CCN[C@H](C)C2)c2cc([N+](=O)[O-])ccc2n1. The Balaban J connectivity index is 2.14. The number of hydrogen-bond acceptors (Lipinski definition) is 5. The lowest BCUT2D eigenvalue weighted by atomic mass is 10.1. The average Bonchev–Trinajstić information content (AvgIpc) is 2.45. The first-order valence-corrected chi connectivity index (χ1v) is 7.09. The highest BCUT2D eigenvalue weighted by Crippen LogP contribution is 2.30. The van der Waals surface area contributed by atoms with E-state index in [1.54, 1.807) is 12.1 Å². The number of nitrogens with one attached hydrogen (secondary N) is 1. The zero-order chi connectivity index (χ0) is 15.0. The minimum atomic E-state index is -0.358. The molecule has 0 saturated carbocycles. The first kappa shape index (κ1) is 13.8. The van der Waals surface area contributed by atoms with E-state index in [9.17, 15) is 10.1 Å². The molecule has 3 rings (SSSR count). The first-order chi connectivity index (χ1) is 10.0. The van der Waals surface area contributed by atoms with E-state index >= 15 is 0 Å². The molecular weight excluding hydrogens is 268 g/mol. The number of fused-ring (bicyclic) bond motifs is 1. The lowest BCUT2D eigenvalue weighted by Gasteiger charge is -2.34. The number of aromatic nitrogens is 1. The van der Waals surface area contributed by atoms with Crippen LogP contribution in [0.3, 0.4) is 0 Å². The molecule has 6 nitrogen and oxygen atoms in total. The molecular formula is C15H18N4O2. The normalized spacial score (nSPS) is 19.0. The number of non-ortho nitro benzene ring substituents is 1. The zero-order valence-corrected chi connectivity index (χ0v) is 12.2. The van der Waals surface area contributed by atoms with Gasteiger partial charge in [0.25, 0.3) is 5.69 Å². The smallest absolute Gasteiger partial charge is 0.270 e. The minimum absolute atomic E-state index is 0.109. The van der Waals surface area contributed by atoms with E-state index in [2.05, 4.69) is 22.1 Å². The molecule has 0 radical (unpaired) electrons. The molecule has 1 aromatic heterocycles. The second kappa shape index (κ2) is 5.29. The summed E-state index contributed by atoms with van der Waals surface area (Å²) < 4.78 is 0. The largest absolute Gasteiger partial charge is 0.368 e. The molecule has 0 spiro atoms. The molecule has 1 atom stereocenters. The Kier molecular flexibility index (Phi) is 3.47. The minimum Gasteiger partial charge on any atom is -0.368 e. The summed E-state index contributed by atoms with van der Waals surface area (Å²) in [4.78, 5) is 17.4. The van der Waals surface area contributed by atoms with Crippen LogP contribution in [0.4, 0.5) is 11.4 Å². The summed E-state index contributed by atoms with van der Waals surface area (Å²) in [6, 6.07) is 7.29. The van der Waals surface area contributed by atoms with Crippen molar-refractivity contribution in [1.82, 2.24) is 10.3 Å². The Bertz CT molecular complexity index is 701. The molecule has 21 heavy (non-hydrogen) atoms. The van der Waals surface area contributed by atoms with Crippen LogP contribution < -0.4 is 10.2 Å². The second-order valence-electron chi connectivity index (χ2n) is 5.54. The summed E-state index contributed by atoms with van der Waals surface area (Å²) in [5.41, 5.74) is 2.88. The Morgan fingerprint density at radius 2 is 2.24 bits per heavy atom. The zero-order valence-electron chi connectivity index (χ0n) is 12.2.